The zero-order valence-corrected chi connectivity index (χ0v) is 18.8. The van der Waals surface area contributed by atoms with E-state index in [1.54, 1.807) is 6.07 Å². The van der Waals surface area contributed by atoms with Gasteiger partial charge in [-0.15, -0.1) is 10.2 Å². The van der Waals surface area contributed by atoms with Crippen LogP contribution in [-0.2, 0) is 18.1 Å². The van der Waals surface area contributed by atoms with Crippen LogP contribution in [-0.4, -0.2) is 28.5 Å². The maximum Gasteiger partial charge on any atom is 0.419 e. The average Bonchev–Trinajstić information content (AvgIpc) is 3.27. The molecule has 33 heavy (non-hydrogen) atoms. The number of hydrogen-bond donors (Lipinski definition) is 1. The summed E-state index contributed by atoms with van der Waals surface area (Å²) in [6.45, 7) is 1.10. The van der Waals surface area contributed by atoms with Crippen molar-refractivity contribution in [2.24, 2.45) is 0 Å². The first-order valence-corrected chi connectivity index (χ1v) is 11.2. The van der Waals surface area contributed by atoms with Crippen LogP contribution in [0.4, 0.5) is 17.6 Å². The van der Waals surface area contributed by atoms with Gasteiger partial charge in [-0.25, -0.2) is 4.39 Å². The van der Waals surface area contributed by atoms with Gasteiger partial charge in [-0.05, 0) is 67.1 Å². The van der Waals surface area contributed by atoms with E-state index in [-0.39, 0.29) is 33.8 Å². The largest absolute Gasteiger partial charge is 0.664 e. The molecule has 178 valence electrons. The Hall–Kier alpha value is -2.56. The fourth-order valence-electron chi connectivity index (χ4n) is 3.12. The number of rotatable bonds is 10. The highest BCUT2D eigenvalue weighted by Gasteiger charge is 2.35. The molecule has 1 aromatic heterocycles. The van der Waals surface area contributed by atoms with Crippen molar-refractivity contribution in [1.82, 2.24) is 10.2 Å². The van der Waals surface area contributed by atoms with Gasteiger partial charge in [0.05, 0.1) is 12.2 Å². The second kappa shape index (κ2) is 10.6. The molecule has 0 bridgehead atoms. The zero-order chi connectivity index (χ0) is 24.1. The Balaban J connectivity index is 1.62. The van der Waals surface area contributed by atoms with E-state index in [1.807, 2.05) is 6.07 Å². The molecule has 5 nitrogen and oxygen atoms in total. The lowest BCUT2D eigenvalue weighted by Crippen LogP contribution is -2.20. The molecule has 0 aliphatic carbocycles. The molecular weight excluding hydrogens is 458 g/mol. The van der Waals surface area contributed by atoms with Crippen LogP contribution in [0, 0.1) is 5.82 Å². The van der Waals surface area contributed by atoms with E-state index >= 15 is 0 Å². The quantitative estimate of drug-likeness (QED) is 0.267. The van der Waals surface area contributed by atoms with Gasteiger partial charge in [0, 0.05) is 12.2 Å². The summed E-state index contributed by atoms with van der Waals surface area (Å²) < 4.78 is 59.5. The third-order valence-electron chi connectivity index (χ3n) is 5.00. The number of hydrogen-bond acceptors (Lipinski definition) is 5. The Kier molecular flexibility index (Phi) is 8.04. The van der Waals surface area contributed by atoms with Crippen LogP contribution in [0.1, 0.15) is 42.3 Å². The van der Waals surface area contributed by atoms with Gasteiger partial charge in [0.25, 0.3) is 0 Å². The van der Waals surface area contributed by atoms with Crippen molar-refractivity contribution < 1.29 is 27.4 Å². The molecule has 0 saturated heterocycles. The van der Waals surface area contributed by atoms with E-state index in [0.29, 0.717) is 12.8 Å². The summed E-state index contributed by atoms with van der Waals surface area (Å²) in [5.74, 6) is -0.548. The molecule has 0 unspecified atom stereocenters. The molecule has 0 fully saturated rings. The number of ether oxygens (including phenoxy) is 1. The highest BCUT2D eigenvalue weighted by Crippen LogP contribution is 2.40. The molecule has 2 aromatic carbocycles. The molecule has 3 aromatic rings. The number of benzene rings is 2. The predicted octanol–water partition coefficient (Wildman–Crippen LogP) is 6.41. The van der Waals surface area contributed by atoms with Gasteiger partial charge < -0.3 is 15.6 Å². The van der Waals surface area contributed by atoms with Crippen molar-refractivity contribution in [2.75, 3.05) is 13.2 Å². The molecule has 0 saturated carbocycles. The molecule has 3 rings (SSSR count). The molecule has 0 aliphatic heterocycles. The third kappa shape index (κ3) is 6.72. The highest BCUT2D eigenvalue weighted by molar-refractivity contribution is 7.14. The zero-order valence-electron chi connectivity index (χ0n) is 18.0. The molecule has 0 spiro atoms. The lowest BCUT2D eigenvalue weighted by atomic mass is 10.1. The number of aromatic nitrogens is 2. The Bertz CT molecular complexity index is 1070. The lowest BCUT2D eigenvalue weighted by molar-refractivity contribution is -0.138. The number of nitrogens with one attached hydrogen (secondary N) is 1. The van der Waals surface area contributed by atoms with Crippen molar-refractivity contribution in [3.8, 4) is 16.3 Å². The summed E-state index contributed by atoms with van der Waals surface area (Å²) >= 11 is 0.967. The van der Waals surface area contributed by atoms with Crippen LogP contribution in [0.2, 0.25) is 0 Å². The highest BCUT2D eigenvalue weighted by atomic mass is 32.1. The summed E-state index contributed by atoms with van der Waals surface area (Å²) in [7, 11) is 0. The molecule has 0 aliphatic rings. The molecule has 1 heterocycles. The van der Waals surface area contributed by atoms with Crippen molar-refractivity contribution in [3.05, 3.63) is 70.1 Å². The van der Waals surface area contributed by atoms with Crippen LogP contribution < -0.4 is 4.74 Å². The predicted molar refractivity (Wildman–Crippen MR) is 119 cm³/mol. The maximum atomic E-state index is 13.6. The summed E-state index contributed by atoms with van der Waals surface area (Å²) in [4.78, 5) is 0. The first-order chi connectivity index (χ1) is 15.6. The van der Waals surface area contributed by atoms with E-state index in [0.717, 1.165) is 35.8 Å². The van der Waals surface area contributed by atoms with Crippen LogP contribution in [0.3, 0.4) is 0 Å². The lowest BCUT2D eigenvalue weighted by Gasteiger charge is -2.28. The summed E-state index contributed by atoms with van der Waals surface area (Å²) in [5.41, 5.74) is 6.80. The number of aryl methyl sites for hydroxylation is 1. The van der Waals surface area contributed by atoms with Crippen molar-refractivity contribution >= 4 is 11.3 Å². The minimum absolute atomic E-state index is 0.127. The van der Waals surface area contributed by atoms with E-state index < -0.39 is 23.9 Å². The SMILES string of the molecule is C[C@]([NH-])(CO)c1nnc(-c2ccc(OCCCCCc3cccc(F)c3)c(C(F)(F)F)c2)s1. The van der Waals surface area contributed by atoms with Crippen LogP contribution in [0.15, 0.2) is 42.5 Å². The fourth-order valence-corrected chi connectivity index (χ4v) is 4.00. The van der Waals surface area contributed by atoms with E-state index in [4.69, 9.17) is 10.5 Å². The summed E-state index contributed by atoms with van der Waals surface area (Å²) in [6.07, 6.45) is -1.85. The summed E-state index contributed by atoms with van der Waals surface area (Å²) in [6, 6.07) is 10.0. The normalized spacial score (nSPS) is 13.7. The number of aliphatic hydroxyl groups is 1. The van der Waals surface area contributed by atoms with Crippen LogP contribution >= 0.6 is 11.3 Å². The van der Waals surface area contributed by atoms with E-state index in [1.165, 1.54) is 31.2 Å². The first kappa shape index (κ1) is 25.1. The Labute approximate surface area is 193 Å². The van der Waals surface area contributed by atoms with Crippen molar-refractivity contribution in [1.29, 1.82) is 0 Å². The van der Waals surface area contributed by atoms with E-state index in [2.05, 4.69) is 10.2 Å². The van der Waals surface area contributed by atoms with Crippen LogP contribution in [0.25, 0.3) is 16.3 Å². The van der Waals surface area contributed by atoms with Crippen molar-refractivity contribution in [2.45, 2.75) is 44.3 Å². The second-order valence-electron chi connectivity index (χ2n) is 7.90. The van der Waals surface area contributed by atoms with Gasteiger partial charge in [-0.1, -0.05) is 30.4 Å². The molecule has 0 amide bonds. The number of nitrogens with zero attached hydrogens (tertiary/aromatic N) is 2. The fraction of sp³-hybridized carbons (Fsp3) is 0.391. The number of alkyl halides is 3. The Morgan fingerprint density at radius 2 is 1.85 bits per heavy atom. The van der Waals surface area contributed by atoms with Gasteiger partial charge in [0.1, 0.15) is 21.6 Å². The van der Waals surface area contributed by atoms with Gasteiger partial charge in [-0.2, -0.15) is 13.2 Å². The topological polar surface area (TPSA) is 79.0 Å². The minimum Gasteiger partial charge on any atom is -0.664 e. The molecule has 2 N–H and O–H groups in total. The second-order valence-corrected chi connectivity index (χ2v) is 8.88. The molecular formula is C23H24F4N3O2S-. The van der Waals surface area contributed by atoms with Gasteiger partial charge >= 0.3 is 6.18 Å². The van der Waals surface area contributed by atoms with Crippen molar-refractivity contribution in [3.63, 3.8) is 0 Å². The van der Waals surface area contributed by atoms with Gasteiger partial charge in [0.15, 0.2) is 0 Å². The van der Waals surface area contributed by atoms with Gasteiger partial charge in [0.2, 0.25) is 0 Å². The third-order valence-corrected chi connectivity index (χ3v) is 6.24. The standard InChI is InChI=1S/C23H24F4N3O2S/c1-22(28,14-31)21-30-29-20(33-21)16-9-10-19(18(13-16)23(25,26)27)32-11-4-2-3-6-15-7-5-8-17(24)12-15/h5,7-10,12-13,28,31H,2-4,6,11,14H2,1H3/q-1/t22-/m0/s1. The number of halogens is 4. The van der Waals surface area contributed by atoms with E-state index in [9.17, 15) is 22.7 Å². The minimum atomic E-state index is -4.62. The first-order valence-electron chi connectivity index (χ1n) is 10.4. The molecule has 10 heteroatoms. The number of aliphatic hydroxyl groups excluding tert-OH is 1. The Morgan fingerprint density at radius 1 is 1.06 bits per heavy atom. The molecule has 0 radical (unpaired) electrons. The monoisotopic (exact) mass is 482 g/mol. The Morgan fingerprint density at radius 3 is 2.55 bits per heavy atom. The summed E-state index contributed by atoms with van der Waals surface area (Å²) in [5, 5.41) is 17.5. The smallest absolute Gasteiger partial charge is 0.419 e. The molecule has 1 atom stereocenters. The average molecular weight is 483 g/mol. The van der Waals surface area contributed by atoms with Gasteiger partial charge in [-0.3, -0.25) is 0 Å². The maximum absolute atomic E-state index is 13.6. The number of unbranched alkanes of at least 4 members (excludes halogenated alkanes) is 2. The van der Waals surface area contributed by atoms with Crippen LogP contribution in [0.5, 0.6) is 5.75 Å².